The van der Waals surface area contributed by atoms with Crippen LogP contribution in [0.1, 0.15) is 87.0 Å². The minimum Gasteiger partial charge on any atom is -0.458 e. The number of carbonyl (C=O) groups excluding carboxylic acids is 3. The van der Waals surface area contributed by atoms with Gasteiger partial charge in [-0.2, -0.15) is 0 Å². The molecule has 16 nitrogen and oxygen atoms in total. The van der Waals surface area contributed by atoms with Crippen molar-refractivity contribution >= 4 is 23.5 Å². The summed E-state index contributed by atoms with van der Waals surface area (Å²) in [6.07, 6.45) is 2.02. The maximum atomic E-state index is 14.6. The maximum Gasteiger partial charge on any atom is 0.410 e. The number of hydrogen-bond donors (Lipinski definition) is 3. The number of amides is 1. The van der Waals surface area contributed by atoms with Crippen LogP contribution in [0.5, 0.6) is 0 Å². The number of aliphatic hydroxyl groups excluding tert-OH is 1. The second-order valence-corrected chi connectivity index (χ2v) is 18.0. The fraction of sp³-hybridized carbons (Fsp3) is 0.711. The highest BCUT2D eigenvalue weighted by Crippen LogP contribution is 2.41. The highest BCUT2D eigenvalue weighted by atomic mass is 16.7. The van der Waals surface area contributed by atoms with Crippen LogP contribution >= 0.6 is 0 Å². The topological polar surface area (TPSA) is 193 Å². The SMILES string of the molecule is C=CC[C@@]1(OC)C[C@@H](C)CN[C@H](C)[C@H]2N(CCCCn3cc(-c4cccc(N)c4)nn3)C(=O)O[C@]2(C)[C@@H](CC)OC(=O)[C@H](C)C(=O)[C@H](C)[C@H]1O[C@@H]1O[C@H](C)CC(N(C)C)C1O. The number of nitrogens with one attached hydrogen (secondary N) is 1. The van der Waals surface area contributed by atoms with E-state index in [2.05, 4.69) is 29.1 Å². The Balaban J connectivity index is 1.41. The number of unbranched alkanes of at least 4 members (excludes halogenated alkanes) is 1. The third kappa shape index (κ3) is 10.6. The summed E-state index contributed by atoms with van der Waals surface area (Å²) in [5.74, 6) is -3.30. The Morgan fingerprint density at radius 2 is 1.85 bits per heavy atom. The first-order valence-corrected chi connectivity index (χ1v) is 21.9. The number of carbonyl (C=O) groups is 3. The zero-order valence-electron chi connectivity index (χ0n) is 37.9. The van der Waals surface area contributed by atoms with Gasteiger partial charge in [0.15, 0.2) is 17.7 Å². The molecule has 3 saturated heterocycles. The number of ether oxygens (including phenoxy) is 5. The van der Waals surface area contributed by atoms with E-state index in [4.69, 9.17) is 29.4 Å². The van der Waals surface area contributed by atoms with Gasteiger partial charge >= 0.3 is 12.1 Å². The molecule has 16 heteroatoms. The van der Waals surface area contributed by atoms with Crippen molar-refractivity contribution in [3.05, 3.63) is 43.1 Å². The number of nitrogen functional groups attached to an aromatic ring is 1. The number of cyclic esters (lactones) is 1. The molecule has 3 fully saturated rings. The van der Waals surface area contributed by atoms with E-state index in [0.29, 0.717) is 63.8 Å². The average Bonchev–Trinajstić information content (AvgIpc) is 3.80. The Hall–Kier alpha value is -3.93. The van der Waals surface area contributed by atoms with Crippen LogP contribution in [0.2, 0.25) is 0 Å². The summed E-state index contributed by atoms with van der Waals surface area (Å²) in [6.45, 7) is 18.5. The number of likely N-dealkylation sites (N-methyl/N-ethyl adjacent to an activating group) is 1. The molecule has 0 saturated carbocycles. The predicted octanol–water partition coefficient (Wildman–Crippen LogP) is 4.84. The van der Waals surface area contributed by atoms with Gasteiger partial charge in [0.1, 0.15) is 23.8 Å². The van der Waals surface area contributed by atoms with Gasteiger partial charge in [-0.25, -0.2) is 4.79 Å². The first-order valence-electron chi connectivity index (χ1n) is 21.9. The molecule has 1 aromatic carbocycles. The van der Waals surface area contributed by atoms with E-state index in [1.807, 2.05) is 77.2 Å². The predicted molar refractivity (Wildman–Crippen MR) is 231 cm³/mol. The van der Waals surface area contributed by atoms with Crippen LogP contribution in [0.25, 0.3) is 11.3 Å². The number of rotatable bonds is 13. The summed E-state index contributed by atoms with van der Waals surface area (Å²) in [5.41, 5.74) is 5.87. The lowest BCUT2D eigenvalue weighted by molar-refractivity contribution is -0.297. The summed E-state index contributed by atoms with van der Waals surface area (Å²) in [4.78, 5) is 46.2. The molecule has 0 spiro atoms. The first-order chi connectivity index (χ1) is 28.9. The van der Waals surface area contributed by atoms with Crippen LogP contribution in [0.3, 0.4) is 0 Å². The van der Waals surface area contributed by atoms with E-state index in [9.17, 15) is 19.5 Å². The zero-order valence-corrected chi connectivity index (χ0v) is 37.9. The summed E-state index contributed by atoms with van der Waals surface area (Å²) >= 11 is 0. The van der Waals surface area contributed by atoms with Crippen molar-refractivity contribution < 1.29 is 43.2 Å². The van der Waals surface area contributed by atoms with Gasteiger partial charge < -0.3 is 44.7 Å². The van der Waals surface area contributed by atoms with Crippen molar-refractivity contribution in [2.75, 3.05) is 40.0 Å². The lowest BCUT2D eigenvalue weighted by Crippen LogP contribution is -2.61. The van der Waals surface area contributed by atoms with Crippen LogP contribution in [-0.2, 0) is 39.8 Å². The number of nitrogens with zero attached hydrogens (tertiary/aromatic N) is 5. The molecule has 3 aliphatic rings. The standard InChI is InChI=1S/C45H71N7O9/c1-12-19-45(57-11)24-27(3)25-47-31(7)39-44(8,61-43(56)52(39)21-15-14-20-51-26-34(48-49-51)32-17-16-18-33(46)23-32)36(13-2)59-41(55)30(6)37(53)29(5)40(45)60-42-38(54)35(50(9)10)22-28(4)58-42/h12,16-18,23,26-31,35-36,38-40,42,47,54H,1,13-15,19-22,24-25,46H2,2-11H3/t27-,28-,29+,30-,31-,35?,36-,38?,39-,40-,42+,44-,45-/m1/s1. The minimum atomic E-state index is -1.25. The second-order valence-electron chi connectivity index (χ2n) is 18.0. The Morgan fingerprint density at radius 1 is 1.13 bits per heavy atom. The van der Waals surface area contributed by atoms with Crippen molar-refractivity contribution in [1.82, 2.24) is 30.1 Å². The number of ketones is 1. The van der Waals surface area contributed by atoms with Crippen molar-refractivity contribution in [2.45, 2.75) is 154 Å². The monoisotopic (exact) mass is 854 g/mol. The van der Waals surface area contributed by atoms with Gasteiger partial charge in [0, 0.05) is 49.5 Å². The number of aliphatic hydroxyl groups is 1. The quantitative estimate of drug-likeness (QED) is 0.0815. The third-order valence-electron chi connectivity index (χ3n) is 13.1. The molecule has 0 bridgehead atoms. The van der Waals surface area contributed by atoms with E-state index in [-0.39, 0.29) is 24.1 Å². The second kappa shape index (κ2) is 20.5. The van der Waals surface area contributed by atoms with Gasteiger partial charge in [-0.3, -0.25) is 19.2 Å². The zero-order chi connectivity index (χ0) is 44.8. The minimum absolute atomic E-state index is 0.0542. The van der Waals surface area contributed by atoms with E-state index in [1.54, 1.807) is 29.7 Å². The molecule has 1 amide bonds. The van der Waals surface area contributed by atoms with Gasteiger partial charge in [0.25, 0.3) is 0 Å². The van der Waals surface area contributed by atoms with Gasteiger partial charge in [0.2, 0.25) is 0 Å². The number of aryl methyl sites for hydroxylation is 1. The fourth-order valence-corrected chi connectivity index (χ4v) is 9.78. The van der Waals surface area contributed by atoms with Gasteiger partial charge in [0.05, 0.1) is 30.0 Å². The number of Topliss-reactive ketones (excluding diaryl/α,β-unsaturated/α-hetero) is 1. The Labute approximate surface area is 361 Å². The van der Waals surface area contributed by atoms with Crippen LogP contribution in [0, 0.1) is 17.8 Å². The van der Waals surface area contributed by atoms with Crippen LogP contribution in [-0.4, -0.2) is 142 Å². The van der Waals surface area contributed by atoms with E-state index < -0.39 is 71.5 Å². The van der Waals surface area contributed by atoms with Crippen molar-refractivity contribution in [3.63, 3.8) is 0 Å². The van der Waals surface area contributed by atoms with Crippen LogP contribution < -0.4 is 11.1 Å². The highest BCUT2D eigenvalue weighted by Gasteiger charge is 2.59. The average molecular weight is 854 g/mol. The van der Waals surface area contributed by atoms with Gasteiger partial charge in [-0.1, -0.05) is 44.2 Å². The normalized spacial score (nSPS) is 35.6. The summed E-state index contributed by atoms with van der Waals surface area (Å²) in [7, 11) is 5.39. The first kappa shape index (κ1) is 48.1. The van der Waals surface area contributed by atoms with Crippen molar-refractivity contribution in [3.8, 4) is 11.3 Å². The number of benzene rings is 1. The molecule has 3 aliphatic heterocycles. The number of aromatic nitrogens is 3. The molecule has 61 heavy (non-hydrogen) atoms. The molecule has 4 heterocycles. The molecule has 4 N–H and O–H groups in total. The van der Waals surface area contributed by atoms with E-state index in [1.165, 1.54) is 6.92 Å². The molecular formula is C45H71N7O9. The maximum absolute atomic E-state index is 14.6. The fourth-order valence-electron chi connectivity index (χ4n) is 9.78. The lowest BCUT2D eigenvalue weighted by Gasteiger charge is -2.47. The number of esters is 1. The molecular weight excluding hydrogens is 783 g/mol. The van der Waals surface area contributed by atoms with Crippen molar-refractivity contribution in [2.24, 2.45) is 17.8 Å². The molecule has 2 unspecified atom stereocenters. The molecule has 13 atom stereocenters. The molecule has 0 radical (unpaired) electrons. The van der Waals surface area contributed by atoms with Crippen LogP contribution in [0.15, 0.2) is 43.1 Å². The van der Waals surface area contributed by atoms with Crippen molar-refractivity contribution in [1.29, 1.82) is 0 Å². The summed E-state index contributed by atoms with van der Waals surface area (Å²) in [5, 5.41) is 23.9. The number of methoxy groups -OCH3 is 1. The van der Waals surface area contributed by atoms with E-state index in [0.717, 1.165) is 11.3 Å². The van der Waals surface area contributed by atoms with E-state index >= 15 is 0 Å². The number of nitrogens with two attached hydrogens (primary N) is 1. The van der Waals surface area contributed by atoms with Crippen LogP contribution in [0.4, 0.5) is 10.5 Å². The molecule has 5 rings (SSSR count). The number of hydrogen-bond acceptors (Lipinski definition) is 14. The Bertz CT molecular complexity index is 1810. The highest BCUT2D eigenvalue weighted by molar-refractivity contribution is 6.00. The largest absolute Gasteiger partial charge is 0.458 e. The lowest BCUT2D eigenvalue weighted by atomic mass is 9.75. The number of fused-ring (bicyclic) bond motifs is 1. The Morgan fingerprint density at radius 3 is 2.51 bits per heavy atom. The summed E-state index contributed by atoms with van der Waals surface area (Å²) < 4.78 is 33.7. The third-order valence-corrected chi connectivity index (χ3v) is 13.1. The molecule has 1 aromatic heterocycles. The summed E-state index contributed by atoms with van der Waals surface area (Å²) in [6, 6.07) is 6.39. The smallest absolute Gasteiger partial charge is 0.410 e. The molecule has 340 valence electrons. The molecule has 2 aromatic rings. The van der Waals surface area contributed by atoms with Gasteiger partial charge in [-0.15, -0.1) is 11.7 Å². The number of anilines is 1. The molecule has 0 aliphatic carbocycles. The Kier molecular flexibility index (Phi) is 16.2. The van der Waals surface area contributed by atoms with Gasteiger partial charge in [-0.05, 0) is 105 Å².